The molecular weight excluding hydrogens is 696 g/mol. The Hall–Kier alpha value is -5.43. The summed E-state index contributed by atoms with van der Waals surface area (Å²) in [5.74, 6) is -7.81. The first kappa shape index (κ1) is 33.7. The summed E-state index contributed by atoms with van der Waals surface area (Å²) in [6, 6.07) is 22.3. The summed E-state index contributed by atoms with van der Waals surface area (Å²) < 4.78 is 44.9. The second-order valence-electron chi connectivity index (χ2n) is 13.7. The maximum Gasteiger partial charge on any atom is 0.573 e. The number of allylic oxidation sites excluding steroid dienone is 2. The molecule has 2 aliphatic carbocycles. The van der Waals surface area contributed by atoms with Crippen molar-refractivity contribution in [1.29, 1.82) is 0 Å². The van der Waals surface area contributed by atoms with Crippen molar-refractivity contribution in [3.8, 4) is 11.5 Å². The molecule has 2 N–H and O–H groups in total. The lowest BCUT2D eigenvalue weighted by Gasteiger charge is -2.50. The molecule has 0 unspecified atom stereocenters. The monoisotopic (exact) mass is 727 g/mol. The third-order valence-electron chi connectivity index (χ3n) is 10.9. The molecule has 1 saturated carbocycles. The van der Waals surface area contributed by atoms with Crippen LogP contribution in [0.2, 0.25) is 0 Å². The minimum absolute atomic E-state index is 0.000408. The third-order valence-corrected chi connectivity index (χ3v) is 11.8. The van der Waals surface area contributed by atoms with Gasteiger partial charge in [-0.1, -0.05) is 65.7 Å². The fourth-order valence-electron chi connectivity index (χ4n) is 8.83. The number of nitrogens with one attached hydrogen (secondary N) is 1. The van der Waals surface area contributed by atoms with Gasteiger partial charge in [-0.05, 0) is 73.0 Å². The van der Waals surface area contributed by atoms with Crippen molar-refractivity contribution < 1.29 is 42.2 Å². The number of fused-ring (bicyclic) bond motifs is 4. The Kier molecular flexibility index (Phi) is 8.01. The number of hydrogen-bond donors (Lipinski definition) is 2. The number of hydrazine groups is 1. The van der Waals surface area contributed by atoms with Gasteiger partial charge in [-0.25, -0.2) is 0 Å². The first-order valence-electron chi connectivity index (χ1n) is 16.8. The zero-order valence-corrected chi connectivity index (χ0v) is 28.5. The summed E-state index contributed by atoms with van der Waals surface area (Å²) in [5, 5.41) is 14.3. The van der Waals surface area contributed by atoms with Gasteiger partial charge < -0.3 is 9.84 Å². The molecule has 4 amide bonds. The highest BCUT2D eigenvalue weighted by molar-refractivity contribution is 7.09. The number of benzene rings is 3. The van der Waals surface area contributed by atoms with E-state index in [-0.39, 0.29) is 30.9 Å². The van der Waals surface area contributed by atoms with Gasteiger partial charge >= 0.3 is 6.36 Å². The van der Waals surface area contributed by atoms with Crippen LogP contribution in [0.15, 0.2) is 102 Å². The van der Waals surface area contributed by atoms with E-state index in [9.17, 15) is 32.7 Å². The quantitative estimate of drug-likeness (QED) is 0.158. The number of carbonyl (C=O) groups excluding carboxylic acids is 4. The van der Waals surface area contributed by atoms with Crippen molar-refractivity contribution in [1.82, 2.24) is 9.91 Å². The van der Waals surface area contributed by atoms with E-state index >= 15 is 4.79 Å². The summed E-state index contributed by atoms with van der Waals surface area (Å²) in [5.41, 5.74) is 3.43. The van der Waals surface area contributed by atoms with Crippen LogP contribution in [-0.2, 0) is 31.1 Å². The Balaban J connectivity index is 1.32. The van der Waals surface area contributed by atoms with Gasteiger partial charge in [-0.3, -0.25) is 29.5 Å². The number of thiophene rings is 1. The number of amides is 4. The third kappa shape index (κ3) is 5.28. The minimum atomic E-state index is -5.06. The van der Waals surface area contributed by atoms with Crippen molar-refractivity contribution >= 4 is 40.7 Å². The second kappa shape index (κ2) is 12.4. The smallest absolute Gasteiger partial charge is 0.508 e. The zero-order chi connectivity index (χ0) is 36.5. The normalized spacial score (nSPS) is 26.9. The molecule has 266 valence electrons. The number of aromatic hydroxyl groups is 1. The number of hydrogen-bond acceptors (Lipinski definition) is 8. The number of anilines is 1. The van der Waals surface area contributed by atoms with Crippen LogP contribution in [0.4, 0.5) is 18.9 Å². The highest BCUT2D eigenvalue weighted by Gasteiger charge is 2.70. The maximum absolute atomic E-state index is 15.2. The van der Waals surface area contributed by atoms with Crippen LogP contribution in [0.25, 0.3) is 0 Å². The molecule has 52 heavy (non-hydrogen) atoms. The van der Waals surface area contributed by atoms with Crippen LogP contribution >= 0.6 is 11.3 Å². The van der Waals surface area contributed by atoms with Crippen LogP contribution in [0.3, 0.4) is 0 Å². The van der Waals surface area contributed by atoms with E-state index in [4.69, 9.17) is 0 Å². The number of likely N-dealkylation sites (tertiary alicyclic amines) is 1. The Labute approximate surface area is 300 Å². The predicted octanol–water partition coefficient (Wildman–Crippen LogP) is 6.85. The van der Waals surface area contributed by atoms with Crippen LogP contribution in [0, 0.1) is 30.6 Å². The number of imide groups is 2. The molecule has 4 aliphatic rings. The Bertz CT molecular complexity index is 2120. The number of phenolic OH excluding ortho intramolecular Hbond substituents is 1. The summed E-state index contributed by atoms with van der Waals surface area (Å²) >= 11 is 1.41. The Morgan fingerprint density at radius 3 is 2.37 bits per heavy atom. The van der Waals surface area contributed by atoms with E-state index in [2.05, 4.69) is 10.2 Å². The Morgan fingerprint density at radius 1 is 0.923 bits per heavy atom. The number of alkyl halides is 3. The van der Waals surface area contributed by atoms with Gasteiger partial charge in [0.05, 0.1) is 35.4 Å². The lowest BCUT2D eigenvalue weighted by atomic mass is 9.49. The predicted molar refractivity (Wildman–Crippen MR) is 183 cm³/mol. The molecule has 3 fully saturated rings. The molecule has 2 aliphatic heterocycles. The lowest BCUT2D eigenvalue weighted by molar-refractivity contribution is -0.274. The topological polar surface area (TPSA) is 116 Å². The van der Waals surface area contributed by atoms with Crippen molar-refractivity contribution in [2.24, 2.45) is 23.7 Å². The zero-order valence-electron chi connectivity index (χ0n) is 27.7. The molecule has 0 bridgehead atoms. The van der Waals surface area contributed by atoms with Gasteiger partial charge in [0, 0.05) is 16.4 Å². The number of nitrogens with zero attached hydrogens (tertiary/aromatic N) is 2. The fraction of sp³-hybridized carbons (Fsp3) is 0.282. The molecule has 0 spiro atoms. The standard InChI is InChI=1S/C39H32F3N3O6S/c1-21-9-11-23(12-10-21)43-45-35(48)30-19-28-26(14-15-27-32(28)36(49)44(34(27)47)20-25-8-5-17-52-25)33(38(30,37(45)50)22-6-3-2-4-7-22)29-18-24(13-16-31(29)46)51-39(40,41)42/h2-14,16-18,27-28,30,32-33,43,46H,15,19-20H2,1H3/t27-,28+,30-,32-,33+,38+/m0/s1. The molecule has 8 rings (SSSR count). The van der Waals surface area contributed by atoms with Gasteiger partial charge in [0.25, 0.3) is 11.8 Å². The molecule has 0 radical (unpaired) electrons. The van der Waals surface area contributed by atoms with E-state index < -0.39 is 70.6 Å². The SMILES string of the molecule is Cc1ccc(NN2C(=O)[C@@H]3C[C@@H]4C(=CC[C@@H]5C(=O)N(Cc6cccs6)C(=O)[C@@H]54)[C@H](c4cc(OC(F)(F)F)ccc4O)[C@]3(c3ccccc3)C2=O)cc1. The van der Waals surface area contributed by atoms with Gasteiger partial charge in [0.1, 0.15) is 11.5 Å². The molecule has 13 heteroatoms. The second-order valence-corrected chi connectivity index (χ2v) is 14.7. The van der Waals surface area contributed by atoms with Gasteiger partial charge in [0.2, 0.25) is 11.8 Å². The van der Waals surface area contributed by atoms with E-state index in [0.29, 0.717) is 16.8 Å². The number of halogens is 3. The molecular formula is C39H32F3N3O6S. The van der Waals surface area contributed by atoms with Crippen LogP contribution in [-0.4, -0.2) is 45.0 Å². The van der Waals surface area contributed by atoms with Crippen LogP contribution in [0.5, 0.6) is 11.5 Å². The number of aryl methyl sites for hydroxylation is 1. The van der Waals surface area contributed by atoms with Crippen LogP contribution in [0.1, 0.15) is 40.3 Å². The molecule has 1 aromatic heterocycles. The van der Waals surface area contributed by atoms with E-state index in [0.717, 1.165) is 33.6 Å². The van der Waals surface area contributed by atoms with Gasteiger partial charge in [-0.15, -0.1) is 24.5 Å². The van der Waals surface area contributed by atoms with Crippen LogP contribution < -0.4 is 10.2 Å². The summed E-state index contributed by atoms with van der Waals surface area (Å²) in [6.07, 6.45) is -3.15. The number of rotatable bonds is 7. The average molecular weight is 728 g/mol. The van der Waals surface area contributed by atoms with Crippen molar-refractivity contribution in [2.45, 2.75) is 44.0 Å². The minimum Gasteiger partial charge on any atom is -0.508 e. The number of ether oxygens (including phenoxy) is 1. The van der Waals surface area contributed by atoms with E-state index in [1.54, 1.807) is 48.5 Å². The first-order valence-corrected chi connectivity index (χ1v) is 17.7. The summed E-state index contributed by atoms with van der Waals surface area (Å²) in [4.78, 5) is 60.1. The first-order chi connectivity index (χ1) is 24.9. The molecule has 4 aromatic rings. The number of phenols is 1. The highest BCUT2D eigenvalue weighted by atomic mass is 32.1. The van der Waals surface area contributed by atoms with Gasteiger partial charge in [-0.2, -0.15) is 5.01 Å². The van der Waals surface area contributed by atoms with Crippen molar-refractivity contribution in [2.75, 3.05) is 5.43 Å². The highest BCUT2D eigenvalue weighted by Crippen LogP contribution is 2.65. The molecule has 3 aromatic carbocycles. The molecule has 6 atom stereocenters. The summed E-state index contributed by atoms with van der Waals surface area (Å²) in [6.45, 7) is 1.98. The maximum atomic E-state index is 15.2. The van der Waals surface area contributed by atoms with Gasteiger partial charge in [0.15, 0.2) is 0 Å². The van der Waals surface area contributed by atoms with Crippen molar-refractivity contribution in [3.63, 3.8) is 0 Å². The van der Waals surface area contributed by atoms with E-state index in [1.165, 1.54) is 16.2 Å². The summed E-state index contributed by atoms with van der Waals surface area (Å²) in [7, 11) is 0. The molecule has 3 heterocycles. The fourth-order valence-corrected chi connectivity index (χ4v) is 9.52. The number of carbonyl (C=O) groups is 4. The largest absolute Gasteiger partial charge is 0.573 e. The lowest BCUT2D eigenvalue weighted by Crippen LogP contribution is -2.53. The van der Waals surface area contributed by atoms with Crippen molar-refractivity contribution in [3.05, 3.63) is 124 Å². The molecule has 2 saturated heterocycles. The molecule has 9 nitrogen and oxygen atoms in total. The average Bonchev–Trinajstić information content (AvgIpc) is 3.78. The Morgan fingerprint density at radius 2 is 1.67 bits per heavy atom. The van der Waals surface area contributed by atoms with E-state index in [1.807, 2.05) is 36.6 Å².